The molecule has 2 rings (SSSR count). The van der Waals surface area contributed by atoms with Crippen LogP contribution >= 0.6 is 0 Å². The Labute approximate surface area is 155 Å². The third kappa shape index (κ3) is 4.80. The van der Waals surface area contributed by atoms with E-state index in [0.29, 0.717) is 11.3 Å². The molecule has 0 radical (unpaired) electrons. The van der Waals surface area contributed by atoms with Gasteiger partial charge in [-0.05, 0) is 49.5 Å². The zero-order valence-electron chi connectivity index (χ0n) is 15.4. The molecule has 5 heteroatoms. The lowest BCUT2D eigenvalue weighted by molar-refractivity contribution is 0.311. The molecule has 0 aromatic heterocycles. The van der Waals surface area contributed by atoms with E-state index in [1.165, 1.54) is 12.3 Å². The molecule has 1 aliphatic heterocycles. The first-order valence-electron chi connectivity index (χ1n) is 8.93. The fourth-order valence-corrected chi connectivity index (χ4v) is 3.57. The van der Waals surface area contributed by atoms with E-state index in [1.807, 2.05) is 18.2 Å². The number of unbranched alkanes of at least 4 members (excludes halogenated alkanes) is 1. The van der Waals surface area contributed by atoms with E-state index in [-0.39, 0.29) is 17.7 Å². The summed E-state index contributed by atoms with van der Waals surface area (Å²) >= 11 is 0. The molecule has 1 aromatic carbocycles. The summed E-state index contributed by atoms with van der Waals surface area (Å²) in [6, 6.07) is 7.26. The predicted octanol–water partition coefficient (Wildman–Crippen LogP) is 3.68. The van der Waals surface area contributed by atoms with Gasteiger partial charge in [0.05, 0.1) is 12.5 Å². The lowest BCUT2D eigenvalue weighted by Gasteiger charge is -2.26. The van der Waals surface area contributed by atoms with Crippen LogP contribution in [0.4, 0.5) is 4.39 Å². The smallest absolute Gasteiger partial charge is 0.127 e. The van der Waals surface area contributed by atoms with Crippen LogP contribution in [0.2, 0.25) is 0 Å². The van der Waals surface area contributed by atoms with Gasteiger partial charge in [-0.25, -0.2) is 4.39 Å². The highest BCUT2D eigenvalue weighted by Crippen LogP contribution is 2.36. The van der Waals surface area contributed by atoms with Crippen molar-refractivity contribution in [3.05, 3.63) is 59.1 Å². The Balaban J connectivity index is 1.94. The molecule has 0 spiro atoms. The lowest BCUT2D eigenvalue weighted by atomic mass is 9.81. The van der Waals surface area contributed by atoms with E-state index >= 15 is 0 Å². The van der Waals surface area contributed by atoms with Crippen molar-refractivity contribution in [3.63, 3.8) is 0 Å². The Morgan fingerprint density at radius 3 is 2.92 bits per heavy atom. The minimum Gasteiger partial charge on any atom is -0.399 e. The fourth-order valence-electron chi connectivity index (χ4n) is 3.57. The first kappa shape index (κ1) is 19.9. The van der Waals surface area contributed by atoms with E-state index in [1.54, 1.807) is 0 Å². The van der Waals surface area contributed by atoms with Crippen molar-refractivity contribution < 1.29 is 4.39 Å². The third-order valence-corrected chi connectivity index (χ3v) is 5.09. The molecule has 0 aliphatic carbocycles. The number of nitrogens with zero attached hydrogens (tertiary/aromatic N) is 2. The quantitative estimate of drug-likeness (QED) is 0.425. The molecule has 3 N–H and O–H groups in total. The van der Waals surface area contributed by atoms with Crippen molar-refractivity contribution in [1.29, 1.82) is 10.7 Å². The summed E-state index contributed by atoms with van der Waals surface area (Å²) in [5, 5.41) is 16.1. The van der Waals surface area contributed by atoms with E-state index in [4.69, 9.17) is 16.4 Å². The van der Waals surface area contributed by atoms with E-state index in [9.17, 15) is 4.39 Å². The predicted molar refractivity (Wildman–Crippen MR) is 104 cm³/mol. The minimum atomic E-state index is -0.206. The molecule has 1 fully saturated rings. The van der Waals surface area contributed by atoms with Crippen molar-refractivity contribution in [2.45, 2.75) is 38.0 Å². The summed E-state index contributed by atoms with van der Waals surface area (Å²) in [4.78, 5) is 2.36. The zero-order chi connectivity index (χ0) is 19.2. The van der Waals surface area contributed by atoms with Crippen molar-refractivity contribution in [2.24, 2.45) is 5.73 Å². The second-order valence-electron chi connectivity index (χ2n) is 7.21. The van der Waals surface area contributed by atoms with Gasteiger partial charge in [0.2, 0.25) is 0 Å². The first-order valence-corrected chi connectivity index (χ1v) is 8.93. The summed E-state index contributed by atoms with van der Waals surface area (Å²) in [6.45, 7) is 8.47. The first-order chi connectivity index (χ1) is 12.4. The van der Waals surface area contributed by atoms with Crippen molar-refractivity contribution in [1.82, 2.24) is 4.90 Å². The zero-order valence-corrected chi connectivity index (χ0v) is 15.4. The number of nitrogens with two attached hydrogens (primary N) is 1. The normalized spacial score (nSPS) is 20.7. The van der Waals surface area contributed by atoms with Gasteiger partial charge in [0.1, 0.15) is 5.82 Å². The van der Waals surface area contributed by atoms with Gasteiger partial charge in [0.25, 0.3) is 0 Å². The van der Waals surface area contributed by atoms with Gasteiger partial charge in [-0.3, -0.25) is 0 Å². The van der Waals surface area contributed by atoms with Crippen molar-refractivity contribution in [2.75, 3.05) is 19.6 Å². The molecular formula is C21H27FN4. The largest absolute Gasteiger partial charge is 0.399 e. The van der Waals surface area contributed by atoms with E-state index in [0.717, 1.165) is 50.0 Å². The molecule has 0 amide bonds. The average Bonchev–Trinajstić information content (AvgIpc) is 2.97. The van der Waals surface area contributed by atoms with Gasteiger partial charge < -0.3 is 16.0 Å². The molecule has 138 valence electrons. The third-order valence-electron chi connectivity index (χ3n) is 5.09. The highest BCUT2D eigenvalue weighted by molar-refractivity contribution is 5.81. The number of allylic oxidation sites excluding steroid dienone is 2. The number of rotatable bonds is 8. The van der Waals surface area contributed by atoms with Crippen LogP contribution in [0.15, 0.2) is 42.1 Å². The number of nitriles is 1. The van der Waals surface area contributed by atoms with Gasteiger partial charge in [0.15, 0.2) is 0 Å². The summed E-state index contributed by atoms with van der Waals surface area (Å²) < 4.78 is 14.5. The monoisotopic (exact) mass is 354 g/mol. The summed E-state index contributed by atoms with van der Waals surface area (Å²) in [5.74, 6) is -0.206. The van der Waals surface area contributed by atoms with Gasteiger partial charge >= 0.3 is 0 Å². The van der Waals surface area contributed by atoms with Gasteiger partial charge in [0, 0.05) is 29.4 Å². The molecule has 4 nitrogen and oxygen atoms in total. The van der Waals surface area contributed by atoms with Gasteiger partial charge in [-0.15, -0.1) is 0 Å². The van der Waals surface area contributed by atoms with E-state index < -0.39 is 0 Å². The SMILES string of the molecule is C=C(N)/C(C=N)=C/CCCN1CCC(C)(c2ccc(CC#N)cc2F)C1. The molecule has 1 saturated heterocycles. The highest BCUT2D eigenvalue weighted by atomic mass is 19.1. The van der Waals surface area contributed by atoms with Crippen LogP contribution in [-0.2, 0) is 11.8 Å². The number of nitrogens with one attached hydrogen (secondary N) is 1. The lowest BCUT2D eigenvalue weighted by Crippen LogP contribution is -2.29. The van der Waals surface area contributed by atoms with Crippen LogP contribution < -0.4 is 5.73 Å². The van der Waals surface area contributed by atoms with E-state index in [2.05, 4.69) is 24.5 Å². The molecule has 1 atom stereocenters. The van der Waals surface area contributed by atoms with Gasteiger partial charge in [-0.2, -0.15) is 5.26 Å². The maximum Gasteiger partial charge on any atom is 0.127 e. The van der Waals surface area contributed by atoms with Crippen LogP contribution in [-0.4, -0.2) is 30.7 Å². The Morgan fingerprint density at radius 2 is 2.31 bits per heavy atom. The average molecular weight is 354 g/mol. The number of halogens is 1. The van der Waals surface area contributed by atoms with Crippen LogP contribution in [0.1, 0.15) is 37.3 Å². The molecule has 1 heterocycles. The van der Waals surface area contributed by atoms with Crippen LogP contribution in [0.25, 0.3) is 0 Å². The topological polar surface area (TPSA) is 76.9 Å². The fraction of sp³-hybridized carbons (Fsp3) is 0.429. The molecule has 1 aliphatic rings. The van der Waals surface area contributed by atoms with Crippen LogP contribution in [0.3, 0.4) is 0 Å². The minimum absolute atomic E-state index is 0.198. The molecule has 0 bridgehead atoms. The maximum atomic E-state index is 14.5. The molecule has 1 aromatic rings. The molecule has 26 heavy (non-hydrogen) atoms. The number of hydrogen-bond donors (Lipinski definition) is 2. The van der Waals surface area contributed by atoms with Crippen LogP contribution in [0.5, 0.6) is 0 Å². The summed E-state index contributed by atoms with van der Waals surface area (Å²) in [6.07, 6.45) is 6.13. The molecule has 1 unspecified atom stereocenters. The highest BCUT2D eigenvalue weighted by Gasteiger charge is 2.36. The summed E-state index contributed by atoms with van der Waals surface area (Å²) in [5.41, 5.74) is 7.98. The number of benzene rings is 1. The second-order valence-corrected chi connectivity index (χ2v) is 7.21. The second kappa shape index (κ2) is 8.77. The Bertz CT molecular complexity index is 747. The maximum absolute atomic E-state index is 14.5. The number of likely N-dealkylation sites (tertiary alicyclic amines) is 1. The summed E-state index contributed by atoms with van der Waals surface area (Å²) in [7, 11) is 0. The van der Waals surface area contributed by atoms with Gasteiger partial charge in [-0.1, -0.05) is 31.7 Å². The van der Waals surface area contributed by atoms with Crippen molar-refractivity contribution >= 4 is 6.21 Å². The standard InChI is InChI=1S/C21H27FN4/c1-16(25)18(14-24)5-3-4-11-26-12-9-21(2,15-26)19-7-6-17(8-10-23)13-20(19)22/h5-7,13-14,24H,1,3-4,8-9,11-12,15,25H2,2H3/b18-5+,24-14?. The van der Waals surface area contributed by atoms with Crippen molar-refractivity contribution in [3.8, 4) is 6.07 Å². The molecular weight excluding hydrogens is 327 g/mol. The molecule has 0 saturated carbocycles. The number of hydrogen-bond acceptors (Lipinski definition) is 4. The Morgan fingerprint density at radius 1 is 1.54 bits per heavy atom. The van der Waals surface area contributed by atoms with Crippen LogP contribution in [0, 0.1) is 22.6 Å². The Kier molecular flexibility index (Phi) is 6.70. The Hall–Kier alpha value is -2.45.